The highest BCUT2D eigenvalue weighted by Crippen LogP contribution is 2.26. The van der Waals surface area contributed by atoms with Crippen molar-refractivity contribution in [3.63, 3.8) is 0 Å². The first-order valence-corrected chi connectivity index (χ1v) is 7.89. The van der Waals surface area contributed by atoms with Crippen LogP contribution in [0.3, 0.4) is 0 Å². The fourth-order valence-electron chi connectivity index (χ4n) is 2.31. The molecule has 2 heterocycles. The zero-order valence-corrected chi connectivity index (χ0v) is 13.9. The van der Waals surface area contributed by atoms with Crippen molar-refractivity contribution in [3.8, 4) is 0 Å². The molecule has 0 aliphatic carbocycles. The summed E-state index contributed by atoms with van der Waals surface area (Å²) in [6.45, 7) is 2.02. The average molecular weight is 352 g/mol. The molecule has 5 nitrogen and oxygen atoms in total. The molecule has 1 aliphatic rings. The van der Waals surface area contributed by atoms with Gasteiger partial charge in [0.2, 0.25) is 5.91 Å². The maximum absolute atomic E-state index is 12.4. The standard InChI is InChI=1S/C13H18ClN3O2S.ClH/c14-10-3-7-20-11(10)13(19)17-6-1-2-9(8-17)12(18)16-5-4-15;/h3,7,9H,1-2,4-6,8,15H2,(H,16,18);1H. The van der Waals surface area contributed by atoms with Crippen molar-refractivity contribution >= 4 is 47.2 Å². The van der Waals surface area contributed by atoms with E-state index in [-0.39, 0.29) is 30.1 Å². The Morgan fingerprint density at radius 3 is 2.90 bits per heavy atom. The first-order valence-electron chi connectivity index (χ1n) is 6.63. The van der Waals surface area contributed by atoms with Crippen LogP contribution in [0, 0.1) is 5.92 Å². The molecule has 0 bridgehead atoms. The molecule has 1 fully saturated rings. The average Bonchev–Trinajstić information content (AvgIpc) is 2.90. The number of halogens is 2. The first kappa shape index (κ1) is 18.2. The number of nitrogens with zero attached hydrogens (tertiary/aromatic N) is 1. The van der Waals surface area contributed by atoms with E-state index in [4.69, 9.17) is 17.3 Å². The van der Waals surface area contributed by atoms with Gasteiger partial charge < -0.3 is 16.0 Å². The summed E-state index contributed by atoms with van der Waals surface area (Å²) in [7, 11) is 0. The van der Waals surface area contributed by atoms with Crippen LogP contribution in [0.25, 0.3) is 0 Å². The van der Waals surface area contributed by atoms with Crippen LogP contribution in [-0.2, 0) is 4.79 Å². The second-order valence-corrected chi connectivity index (χ2v) is 6.09. The Hall–Kier alpha value is -0.820. The number of hydrogen-bond acceptors (Lipinski definition) is 4. The zero-order valence-electron chi connectivity index (χ0n) is 11.5. The summed E-state index contributed by atoms with van der Waals surface area (Å²) < 4.78 is 0. The molecular weight excluding hydrogens is 333 g/mol. The van der Waals surface area contributed by atoms with Crippen molar-refractivity contribution in [1.82, 2.24) is 10.2 Å². The molecule has 2 amide bonds. The van der Waals surface area contributed by atoms with Gasteiger partial charge in [-0.3, -0.25) is 9.59 Å². The van der Waals surface area contributed by atoms with Crippen LogP contribution >= 0.6 is 35.3 Å². The summed E-state index contributed by atoms with van der Waals surface area (Å²) in [6.07, 6.45) is 1.63. The van der Waals surface area contributed by atoms with Gasteiger partial charge in [-0.25, -0.2) is 0 Å². The molecule has 0 radical (unpaired) electrons. The molecule has 0 aromatic carbocycles. The summed E-state index contributed by atoms with van der Waals surface area (Å²) >= 11 is 7.33. The fraction of sp³-hybridized carbons (Fsp3) is 0.538. The second kappa shape index (κ2) is 8.58. The summed E-state index contributed by atoms with van der Waals surface area (Å²) in [5.74, 6) is -0.260. The fourth-order valence-corrected chi connectivity index (χ4v) is 3.41. The van der Waals surface area contributed by atoms with Gasteiger partial charge in [0, 0.05) is 26.2 Å². The van der Waals surface area contributed by atoms with E-state index in [2.05, 4.69) is 5.32 Å². The number of piperidine rings is 1. The van der Waals surface area contributed by atoms with Crippen LogP contribution in [0.1, 0.15) is 22.5 Å². The van der Waals surface area contributed by atoms with E-state index in [0.717, 1.165) is 12.8 Å². The monoisotopic (exact) mass is 351 g/mol. The van der Waals surface area contributed by atoms with Crippen LogP contribution in [-0.4, -0.2) is 42.9 Å². The Morgan fingerprint density at radius 2 is 2.29 bits per heavy atom. The number of amides is 2. The molecule has 1 unspecified atom stereocenters. The lowest BCUT2D eigenvalue weighted by atomic mass is 9.97. The van der Waals surface area contributed by atoms with E-state index in [1.54, 1.807) is 16.3 Å². The third kappa shape index (κ3) is 4.57. The lowest BCUT2D eigenvalue weighted by Gasteiger charge is -2.31. The van der Waals surface area contributed by atoms with Crippen LogP contribution in [0.2, 0.25) is 5.02 Å². The van der Waals surface area contributed by atoms with Gasteiger partial charge in [0.25, 0.3) is 5.91 Å². The molecule has 8 heteroatoms. The van der Waals surface area contributed by atoms with Crippen LogP contribution in [0.5, 0.6) is 0 Å². The molecule has 1 atom stereocenters. The van der Waals surface area contributed by atoms with E-state index in [0.29, 0.717) is 36.1 Å². The highest BCUT2D eigenvalue weighted by molar-refractivity contribution is 7.12. The molecule has 1 saturated heterocycles. The summed E-state index contributed by atoms with van der Waals surface area (Å²) in [5.41, 5.74) is 5.37. The Kier molecular flexibility index (Phi) is 7.45. The molecule has 3 N–H and O–H groups in total. The smallest absolute Gasteiger partial charge is 0.265 e. The van der Waals surface area contributed by atoms with Gasteiger partial charge in [0.05, 0.1) is 10.9 Å². The molecule has 118 valence electrons. The van der Waals surface area contributed by atoms with Crippen molar-refractivity contribution in [2.75, 3.05) is 26.2 Å². The third-order valence-electron chi connectivity index (χ3n) is 3.33. The second-order valence-electron chi connectivity index (χ2n) is 4.77. The molecule has 0 saturated carbocycles. The number of thiophene rings is 1. The number of hydrogen-bond donors (Lipinski definition) is 2. The molecule has 2 rings (SSSR count). The normalized spacial score (nSPS) is 18.0. The van der Waals surface area contributed by atoms with E-state index < -0.39 is 0 Å². The number of carbonyl (C=O) groups is 2. The summed E-state index contributed by atoms with van der Waals surface area (Å²) in [6, 6.07) is 1.72. The Balaban J connectivity index is 0.00000220. The maximum atomic E-state index is 12.4. The maximum Gasteiger partial charge on any atom is 0.265 e. The topological polar surface area (TPSA) is 75.4 Å². The quantitative estimate of drug-likeness (QED) is 0.867. The third-order valence-corrected chi connectivity index (χ3v) is 4.66. The van der Waals surface area contributed by atoms with Crippen LogP contribution in [0.4, 0.5) is 0 Å². The van der Waals surface area contributed by atoms with E-state index in [1.165, 1.54) is 11.3 Å². The van der Waals surface area contributed by atoms with Gasteiger partial charge in [0.15, 0.2) is 0 Å². The van der Waals surface area contributed by atoms with E-state index in [1.807, 2.05) is 0 Å². The van der Waals surface area contributed by atoms with Crippen molar-refractivity contribution in [2.24, 2.45) is 11.7 Å². The summed E-state index contributed by atoms with van der Waals surface area (Å²) in [4.78, 5) is 26.6. The Labute approximate surface area is 139 Å². The first-order chi connectivity index (χ1) is 9.63. The van der Waals surface area contributed by atoms with Gasteiger partial charge in [-0.2, -0.15) is 0 Å². The Bertz CT molecular complexity index is 496. The number of nitrogens with two attached hydrogens (primary N) is 1. The minimum Gasteiger partial charge on any atom is -0.355 e. The molecule has 1 aliphatic heterocycles. The molecular formula is C13H19Cl2N3O2S. The van der Waals surface area contributed by atoms with Crippen molar-refractivity contribution in [2.45, 2.75) is 12.8 Å². The number of rotatable bonds is 4. The zero-order chi connectivity index (χ0) is 14.5. The van der Waals surface area contributed by atoms with E-state index >= 15 is 0 Å². The highest BCUT2D eigenvalue weighted by Gasteiger charge is 2.29. The predicted molar refractivity (Wildman–Crippen MR) is 87.3 cm³/mol. The lowest BCUT2D eigenvalue weighted by molar-refractivity contribution is -0.126. The number of nitrogens with one attached hydrogen (secondary N) is 1. The number of likely N-dealkylation sites (tertiary alicyclic amines) is 1. The largest absolute Gasteiger partial charge is 0.355 e. The van der Waals surface area contributed by atoms with Crippen LogP contribution in [0.15, 0.2) is 11.4 Å². The molecule has 1 aromatic heterocycles. The Morgan fingerprint density at radius 1 is 1.52 bits per heavy atom. The van der Waals surface area contributed by atoms with Gasteiger partial charge >= 0.3 is 0 Å². The minimum atomic E-state index is -0.155. The van der Waals surface area contributed by atoms with Crippen molar-refractivity contribution in [1.29, 1.82) is 0 Å². The summed E-state index contributed by atoms with van der Waals surface area (Å²) in [5, 5.41) is 5.06. The van der Waals surface area contributed by atoms with Gasteiger partial charge in [-0.15, -0.1) is 23.7 Å². The van der Waals surface area contributed by atoms with E-state index in [9.17, 15) is 9.59 Å². The van der Waals surface area contributed by atoms with Gasteiger partial charge in [-0.05, 0) is 24.3 Å². The van der Waals surface area contributed by atoms with Crippen molar-refractivity contribution < 1.29 is 9.59 Å². The lowest BCUT2D eigenvalue weighted by Crippen LogP contribution is -2.46. The van der Waals surface area contributed by atoms with Gasteiger partial charge in [0.1, 0.15) is 4.88 Å². The molecule has 1 aromatic rings. The predicted octanol–water partition coefficient (Wildman–Crippen LogP) is 1.75. The van der Waals surface area contributed by atoms with Gasteiger partial charge in [-0.1, -0.05) is 11.6 Å². The van der Waals surface area contributed by atoms with Crippen molar-refractivity contribution in [3.05, 3.63) is 21.3 Å². The number of carbonyl (C=O) groups excluding carboxylic acids is 2. The van der Waals surface area contributed by atoms with Crippen LogP contribution < -0.4 is 11.1 Å². The highest BCUT2D eigenvalue weighted by atomic mass is 35.5. The molecule has 21 heavy (non-hydrogen) atoms. The molecule has 0 spiro atoms. The minimum absolute atomic E-state index is 0. The SMILES string of the molecule is Cl.NCCNC(=O)C1CCCN(C(=O)c2sccc2Cl)C1.